The van der Waals surface area contributed by atoms with Gasteiger partial charge in [-0.2, -0.15) is 0 Å². The fraction of sp³-hybridized carbons (Fsp3) is 0.400. The van der Waals surface area contributed by atoms with Gasteiger partial charge in [0.1, 0.15) is 6.04 Å². The Morgan fingerprint density at radius 3 is 2.67 bits per heavy atom. The maximum absolute atomic E-state index is 12.1. The summed E-state index contributed by atoms with van der Waals surface area (Å²) in [6, 6.07) is 6.82. The maximum Gasteiger partial charge on any atom is 0.251 e. The molecule has 112 valence electrons. The first-order valence-corrected chi connectivity index (χ1v) is 6.89. The number of carbonyl (C=O) groups is 3. The van der Waals surface area contributed by atoms with Crippen molar-refractivity contribution in [3.05, 3.63) is 35.4 Å². The fourth-order valence-corrected chi connectivity index (χ4v) is 2.40. The quantitative estimate of drug-likeness (QED) is 0.760. The van der Waals surface area contributed by atoms with Gasteiger partial charge in [-0.05, 0) is 17.5 Å². The fourth-order valence-electron chi connectivity index (χ4n) is 2.40. The van der Waals surface area contributed by atoms with Crippen LogP contribution in [-0.2, 0) is 27.3 Å². The average Bonchev–Trinajstić information content (AvgIpc) is 2.48. The standard InChI is InChI=1S/C15H19N3O3/c1-18-14(20)7-6-12(15(18)21)17-13(19)8-10-4-2-3-5-11(10)9-16/h2-5,12H,6-9,16H2,1H3,(H,17,19). The molecule has 1 aliphatic rings. The van der Waals surface area contributed by atoms with Gasteiger partial charge in [0, 0.05) is 20.0 Å². The lowest BCUT2D eigenvalue weighted by molar-refractivity contribution is -0.149. The van der Waals surface area contributed by atoms with Gasteiger partial charge in [0.15, 0.2) is 0 Å². The van der Waals surface area contributed by atoms with Crippen LogP contribution in [0.5, 0.6) is 0 Å². The van der Waals surface area contributed by atoms with Crippen molar-refractivity contribution in [3.8, 4) is 0 Å². The first-order valence-electron chi connectivity index (χ1n) is 6.89. The van der Waals surface area contributed by atoms with E-state index in [9.17, 15) is 14.4 Å². The minimum Gasteiger partial charge on any atom is -0.344 e. The van der Waals surface area contributed by atoms with E-state index >= 15 is 0 Å². The summed E-state index contributed by atoms with van der Waals surface area (Å²) in [6.45, 7) is 0.364. The van der Waals surface area contributed by atoms with Crippen molar-refractivity contribution in [1.29, 1.82) is 0 Å². The molecule has 3 N–H and O–H groups in total. The Kier molecular flexibility index (Phi) is 4.70. The summed E-state index contributed by atoms with van der Waals surface area (Å²) in [7, 11) is 1.44. The molecule has 6 nitrogen and oxygen atoms in total. The van der Waals surface area contributed by atoms with Crippen LogP contribution in [0.25, 0.3) is 0 Å². The van der Waals surface area contributed by atoms with Crippen molar-refractivity contribution in [2.75, 3.05) is 7.05 Å². The van der Waals surface area contributed by atoms with E-state index < -0.39 is 6.04 Å². The third kappa shape index (κ3) is 3.46. The SMILES string of the molecule is CN1C(=O)CCC(NC(=O)Cc2ccccc2CN)C1=O. The van der Waals surface area contributed by atoms with Crippen molar-refractivity contribution in [3.63, 3.8) is 0 Å². The summed E-state index contributed by atoms with van der Waals surface area (Å²) < 4.78 is 0. The molecule has 6 heteroatoms. The predicted octanol–water partition coefficient (Wildman–Crippen LogP) is -0.0486. The molecular weight excluding hydrogens is 270 g/mol. The van der Waals surface area contributed by atoms with Crippen LogP contribution in [0.2, 0.25) is 0 Å². The lowest BCUT2D eigenvalue weighted by atomic mass is 10.0. The van der Waals surface area contributed by atoms with Gasteiger partial charge in [-0.25, -0.2) is 0 Å². The Labute approximate surface area is 123 Å². The molecule has 0 aromatic heterocycles. The minimum atomic E-state index is -0.620. The van der Waals surface area contributed by atoms with Crippen LogP contribution in [0, 0.1) is 0 Å². The third-order valence-corrected chi connectivity index (χ3v) is 3.67. The van der Waals surface area contributed by atoms with Crippen molar-refractivity contribution in [2.24, 2.45) is 5.73 Å². The molecule has 1 fully saturated rings. The van der Waals surface area contributed by atoms with Crippen LogP contribution < -0.4 is 11.1 Å². The highest BCUT2D eigenvalue weighted by Crippen LogP contribution is 2.13. The minimum absolute atomic E-state index is 0.175. The van der Waals surface area contributed by atoms with Crippen LogP contribution in [0.4, 0.5) is 0 Å². The van der Waals surface area contributed by atoms with Gasteiger partial charge >= 0.3 is 0 Å². The molecule has 1 aromatic carbocycles. The van der Waals surface area contributed by atoms with Gasteiger partial charge in [-0.1, -0.05) is 24.3 Å². The number of nitrogens with two attached hydrogens (primary N) is 1. The zero-order valence-electron chi connectivity index (χ0n) is 12.0. The second kappa shape index (κ2) is 6.49. The summed E-state index contributed by atoms with van der Waals surface area (Å²) in [5.41, 5.74) is 7.40. The van der Waals surface area contributed by atoms with Gasteiger partial charge in [-0.3, -0.25) is 19.3 Å². The number of carbonyl (C=O) groups excluding carboxylic acids is 3. The number of piperidine rings is 1. The zero-order valence-corrected chi connectivity index (χ0v) is 12.0. The topological polar surface area (TPSA) is 92.5 Å². The number of likely N-dealkylation sites (tertiary alicyclic amines) is 1. The van der Waals surface area contributed by atoms with E-state index in [1.807, 2.05) is 24.3 Å². The number of rotatable bonds is 4. The van der Waals surface area contributed by atoms with Crippen LogP contribution in [-0.4, -0.2) is 35.7 Å². The summed E-state index contributed by atoms with van der Waals surface area (Å²) >= 11 is 0. The normalized spacial score (nSPS) is 18.8. The maximum atomic E-state index is 12.1. The monoisotopic (exact) mass is 289 g/mol. The van der Waals surface area contributed by atoms with E-state index in [2.05, 4.69) is 5.32 Å². The van der Waals surface area contributed by atoms with Gasteiger partial charge in [-0.15, -0.1) is 0 Å². The number of nitrogens with zero attached hydrogens (tertiary/aromatic N) is 1. The van der Waals surface area contributed by atoms with E-state index in [1.54, 1.807) is 0 Å². The summed E-state index contributed by atoms with van der Waals surface area (Å²) in [6.07, 6.45) is 0.799. The molecular formula is C15H19N3O3. The number of hydrogen-bond acceptors (Lipinski definition) is 4. The summed E-state index contributed by atoms with van der Waals surface area (Å²) in [5, 5.41) is 2.70. The number of likely N-dealkylation sites (N-methyl/N-ethyl adjacent to an activating group) is 1. The number of amides is 3. The molecule has 0 spiro atoms. The second-order valence-corrected chi connectivity index (χ2v) is 5.10. The molecule has 3 amide bonds. The average molecular weight is 289 g/mol. The highest BCUT2D eigenvalue weighted by atomic mass is 16.2. The van der Waals surface area contributed by atoms with Gasteiger partial charge in [0.05, 0.1) is 6.42 Å². The molecule has 0 saturated carbocycles. The smallest absolute Gasteiger partial charge is 0.251 e. The van der Waals surface area contributed by atoms with E-state index in [4.69, 9.17) is 5.73 Å². The molecule has 2 rings (SSSR count). The highest BCUT2D eigenvalue weighted by Gasteiger charge is 2.32. The summed E-state index contributed by atoms with van der Waals surface area (Å²) in [5.74, 6) is -0.803. The predicted molar refractivity (Wildman–Crippen MR) is 77.0 cm³/mol. The Morgan fingerprint density at radius 1 is 1.33 bits per heavy atom. The van der Waals surface area contributed by atoms with Crippen LogP contribution >= 0.6 is 0 Å². The lowest BCUT2D eigenvalue weighted by Gasteiger charge is -2.28. The van der Waals surface area contributed by atoms with Crippen molar-refractivity contribution >= 4 is 17.7 Å². The number of hydrogen-bond donors (Lipinski definition) is 2. The molecule has 1 aromatic rings. The first-order chi connectivity index (χ1) is 10.0. The Hall–Kier alpha value is -2.21. The van der Waals surface area contributed by atoms with Crippen LogP contribution in [0.1, 0.15) is 24.0 Å². The molecule has 0 aliphatic carbocycles. The van der Waals surface area contributed by atoms with Gasteiger partial charge < -0.3 is 11.1 Å². The van der Waals surface area contributed by atoms with Gasteiger partial charge in [0.2, 0.25) is 11.8 Å². The second-order valence-electron chi connectivity index (χ2n) is 5.10. The van der Waals surface area contributed by atoms with Crippen molar-refractivity contribution in [1.82, 2.24) is 10.2 Å². The van der Waals surface area contributed by atoms with E-state index in [0.717, 1.165) is 16.0 Å². The Balaban J connectivity index is 1.99. The van der Waals surface area contributed by atoms with Crippen molar-refractivity contribution in [2.45, 2.75) is 31.8 Å². The largest absolute Gasteiger partial charge is 0.344 e. The third-order valence-electron chi connectivity index (χ3n) is 3.67. The molecule has 0 bridgehead atoms. The Bertz CT molecular complexity index is 571. The van der Waals surface area contributed by atoms with Crippen LogP contribution in [0.3, 0.4) is 0 Å². The lowest BCUT2D eigenvalue weighted by Crippen LogP contribution is -2.53. The number of nitrogens with one attached hydrogen (secondary N) is 1. The Morgan fingerprint density at radius 2 is 2.00 bits per heavy atom. The zero-order chi connectivity index (χ0) is 15.4. The van der Waals surface area contributed by atoms with Crippen LogP contribution in [0.15, 0.2) is 24.3 Å². The van der Waals surface area contributed by atoms with Gasteiger partial charge in [0.25, 0.3) is 5.91 Å². The van der Waals surface area contributed by atoms with Crippen molar-refractivity contribution < 1.29 is 14.4 Å². The van der Waals surface area contributed by atoms with E-state index in [1.165, 1.54) is 7.05 Å². The molecule has 0 radical (unpaired) electrons. The molecule has 1 aliphatic heterocycles. The molecule has 1 atom stereocenters. The van der Waals surface area contributed by atoms with E-state index in [0.29, 0.717) is 13.0 Å². The van der Waals surface area contributed by atoms with E-state index in [-0.39, 0.29) is 30.6 Å². The number of benzene rings is 1. The summed E-state index contributed by atoms with van der Waals surface area (Å²) in [4.78, 5) is 36.5. The first kappa shape index (κ1) is 15.2. The molecule has 1 heterocycles. The number of imide groups is 1. The highest BCUT2D eigenvalue weighted by molar-refractivity contribution is 6.01. The molecule has 21 heavy (non-hydrogen) atoms. The molecule has 1 saturated heterocycles. The molecule has 1 unspecified atom stereocenters.